The van der Waals surface area contributed by atoms with Gasteiger partial charge in [-0.1, -0.05) is 0 Å². The van der Waals surface area contributed by atoms with E-state index in [0.29, 0.717) is 11.9 Å². The lowest BCUT2D eigenvalue weighted by atomic mass is 10.1. The van der Waals surface area contributed by atoms with E-state index in [1.165, 1.54) is 0 Å². The maximum Gasteiger partial charge on any atom is 0.290 e. The number of nitrogens with zero attached hydrogens (tertiary/aromatic N) is 2. The first kappa shape index (κ1) is 11.1. The second kappa shape index (κ2) is 5.12. The summed E-state index contributed by atoms with van der Waals surface area (Å²) in [6.07, 6.45) is 5.48. The van der Waals surface area contributed by atoms with Crippen LogP contribution in [0.3, 0.4) is 0 Å². The summed E-state index contributed by atoms with van der Waals surface area (Å²) in [5.74, 6) is 0.540. The van der Waals surface area contributed by atoms with E-state index < -0.39 is 0 Å². The summed E-state index contributed by atoms with van der Waals surface area (Å²) in [7, 11) is 0. The first-order chi connectivity index (χ1) is 7.83. The number of piperidine rings is 1. The van der Waals surface area contributed by atoms with Gasteiger partial charge in [-0.15, -0.1) is 0 Å². The predicted molar refractivity (Wildman–Crippen MR) is 63.8 cm³/mol. The van der Waals surface area contributed by atoms with Gasteiger partial charge in [0.1, 0.15) is 0 Å². The molecule has 1 aromatic heterocycles. The molecule has 1 fully saturated rings. The molecule has 0 spiro atoms. The van der Waals surface area contributed by atoms with Crippen LogP contribution in [0.25, 0.3) is 0 Å². The molecule has 2 N–H and O–H groups in total. The first-order valence-corrected chi connectivity index (χ1v) is 5.84. The lowest BCUT2D eigenvalue weighted by Gasteiger charge is -2.34. The zero-order chi connectivity index (χ0) is 11.4. The third kappa shape index (κ3) is 2.24. The third-order valence-electron chi connectivity index (χ3n) is 3.01. The second-order valence-corrected chi connectivity index (χ2v) is 4.03. The number of rotatable bonds is 3. The molecule has 1 atom stereocenters. The number of hydrogen-bond acceptors (Lipinski definition) is 4. The van der Waals surface area contributed by atoms with Gasteiger partial charge in [-0.3, -0.25) is 4.79 Å². The van der Waals surface area contributed by atoms with Crippen LogP contribution in [0.1, 0.15) is 19.8 Å². The van der Waals surface area contributed by atoms with Gasteiger partial charge in [0.2, 0.25) is 0 Å². The summed E-state index contributed by atoms with van der Waals surface area (Å²) in [4.78, 5) is 20.6. The average molecular weight is 222 g/mol. The van der Waals surface area contributed by atoms with Crippen molar-refractivity contribution in [2.45, 2.75) is 25.8 Å². The maximum absolute atomic E-state index is 11.7. The summed E-state index contributed by atoms with van der Waals surface area (Å²) in [5, 5.41) is 3.36. The van der Waals surface area contributed by atoms with E-state index in [4.69, 9.17) is 0 Å². The van der Waals surface area contributed by atoms with Crippen LogP contribution in [0.2, 0.25) is 0 Å². The minimum absolute atomic E-state index is 0.102. The number of anilines is 1. The highest BCUT2D eigenvalue weighted by molar-refractivity contribution is 5.36. The Bertz CT molecular complexity index is 384. The van der Waals surface area contributed by atoms with Gasteiger partial charge >= 0.3 is 0 Å². The van der Waals surface area contributed by atoms with Gasteiger partial charge < -0.3 is 15.2 Å². The largest absolute Gasteiger partial charge is 0.348 e. The molecule has 16 heavy (non-hydrogen) atoms. The molecule has 2 heterocycles. The Morgan fingerprint density at radius 1 is 1.62 bits per heavy atom. The number of hydrogen-bond donors (Lipinski definition) is 2. The summed E-state index contributed by atoms with van der Waals surface area (Å²) in [5.41, 5.74) is -0.102. The molecule has 5 heteroatoms. The van der Waals surface area contributed by atoms with Crippen LogP contribution in [0.15, 0.2) is 17.2 Å². The zero-order valence-corrected chi connectivity index (χ0v) is 9.57. The highest BCUT2D eigenvalue weighted by Crippen LogP contribution is 2.14. The smallest absolute Gasteiger partial charge is 0.290 e. The minimum Gasteiger partial charge on any atom is -0.348 e. The van der Waals surface area contributed by atoms with Crippen molar-refractivity contribution in [3.63, 3.8) is 0 Å². The molecule has 2 rings (SSSR count). The van der Waals surface area contributed by atoms with Gasteiger partial charge in [-0.05, 0) is 26.3 Å². The molecule has 0 aromatic carbocycles. The van der Waals surface area contributed by atoms with E-state index >= 15 is 0 Å². The molecule has 1 unspecified atom stereocenters. The molecule has 1 aliphatic heterocycles. The maximum atomic E-state index is 11.7. The van der Waals surface area contributed by atoms with Crippen LogP contribution in [-0.4, -0.2) is 35.6 Å². The van der Waals surface area contributed by atoms with E-state index in [-0.39, 0.29) is 5.56 Å². The molecule has 5 nitrogen and oxygen atoms in total. The van der Waals surface area contributed by atoms with Crippen molar-refractivity contribution in [1.82, 2.24) is 15.3 Å². The summed E-state index contributed by atoms with van der Waals surface area (Å²) < 4.78 is 0. The Labute approximate surface area is 94.9 Å². The molecule has 0 bridgehead atoms. The standard InChI is InChI=1S/C11H18N4O/c1-2-15(9-4-3-5-12-8-9)10-11(16)14-7-6-13-10/h6-7,9,12H,2-5,8H2,1H3,(H,14,16). The molecule has 0 radical (unpaired) electrons. The van der Waals surface area contributed by atoms with E-state index in [9.17, 15) is 4.79 Å². The van der Waals surface area contributed by atoms with Crippen LogP contribution in [0.4, 0.5) is 5.82 Å². The van der Waals surface area contributed by atoms with Crippen molar-refractivity contribution >= 4 is 5.82 Å². The fourth-order valence-electron chi connectivity index (χ4n) is 2.23. The Kier molecular flexibility index (Phi) is 3.56. The van der Waals surface area contributed by atoms with Crippen molar-refractivity contribution in [1.29, 1.82) is 0 Å². The third-order valence-corrected chi connectivity index (χ3v) is 3.01. The quantitative estimate of drug-likeness (QED) is 0.774. The number of H-pyrrole nitrogens is 1. The lowest BCUT2D eigenvalue weighted by molar-refractivity contribution is 0.432. The SMILES string of the molecule is CCN(c1ncc[nH]c1=O)C1CCCNC1. The van der Waals surface area contributed by atoms with Gasteiger partial charge in [-0.2, -0.15) is 0 Å². The Hall–Kier alpha value is -1.36. The van der Waals surface area contributed by atoms with Gasteiger partial charge in [-0.25, -0.2) is 4.98 Å². The Morgan fingerprint density at radius 2 is 2.50 bits per heavy atom. The van der Waals surface area contributed by atoms with Gasteiger partial charge in [0.15, 0.2) is 5.82 Å². The second-order valence-electron chi connectivity index (χ2n) is 4.03. The van der Waals surface area contributed by atoms with Crippen molar-refractivity contribution in [3.8, 4) is 0 Å². The Balaban J connectivity index is 2.21. The molecular weight excluding hydrogens is 204 g/mol. The highest BCUT2D eigenvalue weighted by atomic mass is 16.1. The predicted octanol–water partition coefficient (Wildman–Crippen LogP) is 0.348. The minimum atomic E-state index is -0.102. The van der Waals surface area contributed by atoms with E-state index in [2.05, 4.69) is 27.1 Å². The number of aromatic nitrogens is 2. The molecule has 0 amide bonds. The topological polar surface area (TPSA) is 61.0 Å². The molecule has 0 aliphatic carbocycles. The normalized spacial score (nSPS) is 20.7. The molecule has 1 aliphatic rings. The molecule has 1 saturated heterocycles. The van der Waals surface area contributed by atoms with Crippen molar-refractivity contribution < 1.29 is 0 Å². The van der Waals surface area contributed by atoms with E-state index in [1.54, 1.807) is 12.4 Å². The fourth-order valence-corrected chi connectivity index (χ4v) is 2.23. The van der Waals surface area contributed by atoms with Gasteiger partial charge in [0.05, 0.1) is 0 Å². The van der Waals surface area contributed by atoms with Crippen molar-refractivity contribution in [2.24, 2.45) is 0 Å². The van der Waals surface area contributed by atoms with Gasteiger partial charge in [0, 0.05) is 31.5 Å². The average Bonchev–Trinajstić information content (AvgIpc) is 2.34. The zero-order valence-electron chi connectivity index (χ0n) is 9.57. The molecule has 1 aromatic rings. The summed E-state index contributed by atoms with van der Waals surface area (Å²) >= 11 is 0. The van der Waals surface area contributed by atoms with Crippen LogP contribution in [0, 0.1) is 0 Å². The highest BCUT2D eigenvalue weighted by Gasteiger charge is 2.22. The van der Waals surface area contributed by atoms with Crippen molar-refractivity contribution in [2.75, 3.05) is 24.5 Å². The van der Waals surface area contributed by atoms with Crippen molar-refractivity contribution in [3.05, 3.63) is 22.7 Å². The number of likely N-dealkylation sites (N-methyl/N-ethyl adjacent to an activating group) is 1. The van der Waals surface area contributed by atoms with Crippen LogP contribution in [-0.2, 0) is 0 Å². The van der Waals surface area contributed by atoms with Crippen LogP contribution in [0.5, 0.6) is 0 Å². The van der Waals surface area contributed by atoms with E-state index in [1.807, 2.05) is 0 Å². The van der Waals surface area contributed by atoms with Crippen LogP contribution >= 0.6 is 0 Å². The number of aromatic amines is 1. The number of nitrogens with one attached hydrogen (secondary N) is 2. The monoisotopic (exact) mass is 222 g/mol. The molecule has 0 saturated carbocycles. The fraction of sp³-hybridized carbons (Fsp3) is 0.636. The molecule has 88 valence electrons. The van der Waals surface area contributed by atoms with Gasteiger partial charge in [0.25, 0.3) is 5.56 Å². The summed E-state index contributed by atoms with van der Waals surface area (Å²) in [6.45, 7) is 4.88. The molecular formula is C11H18N4O. The van der Waals surface area contributed by atoms with E-state index in [0.717, 1.165) is 32.5 Å². The first-order valence-electron chi connectivity index (χ1n) is 5.84. The summed E-state index contributed by atoms with van der Waals surface area (Å²) in [6, 6.07) is 0.384. The Morgan fingerprint density at radius 3 is 3.12 bits per heavy atom. The van der Waals surface area contributed by atoms with Crippen LogP contribution < -0.4 is 15.8 Å². The lowest BCUT2D eigenvalue weighted by Crippen LogP contribution is -2.48.